The number of nitrogens with two attached hydrogens (primary N) is 1. The fourth-order valence-electron chi connectivity index (χ4n) is 2.10. The summed E-state index contributed by atoms with van der Waals surface area (Å²) < 4.78 is 0. The SMILES string of the molecule is CC(=O)c1ccc(Nc2cc(C)cc(C)c2)c(N)c1. The van der Waals surface area contributed by atoms with Crippen LogP contribution < -0.4 is 11.1 Å². The Balaban J connectivity index is 2.30. The Hall–Kier alpha value is -2.29. The molecule has 98 valence electrons. The lowest BCUT2D eigenvalue weighted by Crippen LogP contribution is -2.00. The maximum absolute atomic E-state index is 11.3. The van der Waals surface area contributed by atoms with Gasteiger partial charge in [0.05, 0.1) is 11.4 Å². The molecular weight excluding hydrogens is 236 g/mol. The smallest absolute Gasteiger partial charge is 0.159 e. The highest BCUT2D eigenvalue weighted by molar-refractivity contribution is 5.96. The first-order chi connectivity index (χ1) is 8.95. The van der Waals surface area contributed by atoms with E-state index in [1.807, 2.05) is 6.07 Å². The van der Waals surface area contributed by atoms with Gasteiger partial charge in [-0.2, -0.15) is 0 Å². The summed E-state index contributed by atoms with van der Waals surface area (Å²) in [5.74, 6) is 0.0182. The average molecular weight is 254 g/mol. The van der Waals surface area contributed by atoms with Crippen molar-refractivity contribution in [3.8, 4) is 0 Å². The van der Waals surface area contributed by atoms with Crippen molar-refractivity contribution in [2.75, 3.05) is 11.1 Å². The van der Waals surface area contributed by atoms with Gasteiger partial charge < -0.3 is 11.1 Å². The number of carbonyl (C=O) groups is 1. The Bertz CT molecular complexity index is 612. The maximum Gasteiger partial charge on any atom is 0.159 e. The van der Waals surface area contributed by atoms with Crippen LogP contribution in [0.25, 0.3) is 0 Å². The van der Waals surface area contributed by atoms with Crippen LogP contribution in [0.4, 0.5) is 17.1 Å². The molecule has 0 saturated heterocycles. The summed E-state index contributed by atoms with van der Waals surface area (Å²) in [7, 11) is 0. The van der Waals surface area contributed by atoms with E-state index in [4.69, 9.17) is 5.73 Å². The third-order valence-electron chi connectivity index (χ3n) is 2.96. The molecule has 0 amide bonds. The van der Waals surface area contributed by atoms with Crippen molar-refractivity contribution >= 4 is 22.8 Å². The van der Waals surface area contributed by atoms with E-state index in [2.05, 4.69) is 37.4 Å². The van der Waals surface area contributed by atoms with Crippen LogP contribution >= 0.6 is 0 Å². The number of aryl methyl sites for hydroxylation is 2. The molecule has 0 saturated carbocycles. The molecule has 0 atom stereocenters. The largest absolute Gasteiger partial charge is 0.397 e. The van der Waals surface area contributed by atoms with Crippen LogP contribution in [0.15, 0.2) is 36.4 Å². The highest BCUT2D eigenvalue weighted by atomic mass is 16.1. The summed E-state index contributed by atoms with van der Waals surface area (Å²) >= 11 is 0. The summed E-state index contributed by atoms with van der Waals surface area (Å²) in [6.45, 7) is 5.65. The molecule has 0 heterocycles. The van der Waals surface area contributed by atoms with E-state index in [1.165, 1.54) is 18.1 Å². The fraction of sp³-hybridized carbons (Fsp3) is 0.188. The van der Waals surface area contributed by atoms with Crippen molar-refractivity contribution < 1.29 is 4.79 Å². The Morgan fingerprint density at radius 2 is 1.68 bits per heavy atom. The summed E-state index contributed by atoms with van der Waals surface area (Å²) in [6.07, 6.45) is 0. The second kappa shape index (κ2) is 5.14. The minimum atomic E-state index is 0.0182. The molecule has 0 aliphatic carbocycles. The number of rotatable bonds is 3. The van der Waals surface area contributed by atoms with Crippen molar-refractivity contribution in [3.63, 3.8) is 0 Å². The van der Waals surface area contributed by atoms with Crippen LogP contribution in [0.2, 0.25) is 0 Å². The van der Waals surface area contributed by atoms with Crippen LogP contribution in [-0.4, -0.2) is 5.78 Å². The number of nitrogen functional groups attached to an aromatic ring is 1. The standard InChI is InChI=1S/C16H18N2O/c1-10-6-11(2)8-14(7-10)18-16-5-4-13(12(3)19)9-15(16)17/h4-9,18H,17H2,1-3H3. The van der Waals surface area contributed by atoms with Crippen LogP contribution in [0, 0.1) is 13.8 Å². The zero-order valence-electron chi connectivity index (χ0n) is 11.4. The van der Waals surface area contributed by atoms with E-state index in [0.29, 0.717) is 11.3 Å². The molecule has 0 radical (unpaired) electrons. The van der Waals surface area contributed by atoms with Crippen LogP contribution in [-0.2, 0) is 0 Å². The van der Waals surface area contributed by atoms with Gasteiger partial charge in [0.15, 0.2) is 5.78 Å². The second-order valence-electron chi connectivity index (χ2n) is 4.86. The predicted octanol–water partition coefficient (Wildman–Crippen LogP) is 3.83. The Kier molecular flexibility index (Phi) is 3.56. The molecule has 3 nitrogen and oxygen atoms in total. The first-order valence-electron chi connectivity index (χ1n) is 6.21. The molecule has 0 unspecified atom stereocenters. The van der Waals surface area contributed by atoms with Crippen molar-refractivity contribution in [2.24, 2.45) is 0 Å². The molecule has 0 aliphatic rings. The first-order valence-corrected chi connectivity index (χ1v) is 6.21. The average Bonchev–Trinajstić information content (AvgIpc) is 2.30. The van der Waals surface area contributed by atoms with Crippen LogP contribution in [0.1, 0.15) is 28.4 Å². The van der Waals surface area contributed by atoms with Gasteiger partial charge in [-0.05, 0) is 62.2 Å². The fourth-order valence-corrected chi connectivity index (χ4v) is 2.10. The lowest BCUT2D eigenvalue weighted by Gasteiger charge is -2.11. The number of carbonyl (C=O) groups excluding carboxylic acids is 1. The molecule has 2 rings (SSSR count). The van der Waals surface area contributed by atoms with Gasteiger partial charge in [-0.25, -0.2) is 0 Å². The quantitative estimate of drug-likeness (QED) is 0.646. The number of benzene rings is 2. The highest BCUT2D eigenvalue weighted by Crippen LogP contribution is 2.25. The van der Waals surface area contributed by atoms with E-state index in [0.717, 1.165) is 11.4 Å². The van der Waals surface area contributed by atoms with Crippen LogP contribution in [0.5, 0.6) is 0 Å². The number of hydrogen-bond donors (Lipinski definition) is 2. The summed E-state index contributed by atoms with van der Waals surface area (Å²) in [5.41, 5.74) is 11.4. The van der Waals surface area contributed by atoms with E-state index >= 15 is 0 Å². The van der Waals surface area contributed by atoms with Crippen LogP contribution in [0.3, 0.4) is 0 Å². The van der Waals surface area contributed by atoms with Gasteiger partial charge in [0.1, 0.15) is 0 Å². The Morgan fingerprint density at radius 1 is 1.05 bits per heavy atom. The predicted molar refractivity (Wildman–Crippen MR) is 80.1 cm³/mol. The molecule has 19 heavy (non-hydrogen) atoms. The third kappa shape index (κ3) is 3.13. The molecule has 0 spiro atoms. The van der Waals surface area contributed by atoms with Gasteiger partial charge in [0.2, 0.25) is 0 Å². The molecule has 3 N–H and O–H groups in total. The van der Waals surface area contributed by atoms with Gasteiger partial charge in [0.25, 0.3) is 0 Å². The number of hydrogen-bond acceptors (Lipinski definition) is 3. The van der Waals surface area contributed by atoms with Crippen molar-refractivity contribution in [1.29, 1.82) is 0 Å². The molecule has 0 aromatic heterocycles. The monoisotopic (exact) mass is 254 g/mol. The van der Waals surface area contributed by atoms with E-state index < -0.39 is 0 Å². The lowest BCUT2D eigenvalue weighted by atomic mass is 10.1. The van der Waals surface area contributed by atoms with Gasteiger partial charge >= 0.3 is 0 Å². The highest BCUT2D eigenvalue weighted by Gasteiger charge is 2.05. The van der Waals surface area contributed by atoms with Gasteiger partial charge in [-0.3, -0.25) is 4.79 Å². The Morgan fingerprint density at radius 3 is 2.21 bits per heavy atom. The van der Waals surface area contributed by atoms with E-state index in [1.54, 1.807) is 12.1 Å². The normalized spacial score (nSPS) is 10.3. The van der Waals surface area contributed by atoms with E-state index in [9.17, 15) is 4.79 Å². The van der Waals surface area contributed by atoms with E-state index in [-0.39, 0.29) is 5.78 Å². The summed E-state index contributed by atoms with van der Waals surface area (Å²) in [5, 5.41) is 3.28. The maximum atomic E-state index is 11.3. The summed E-state index contributed by atoms with van der Waals surface area (Å²) in [4.78, 5) is 11.3. The second-order valence-corrected chi connectivity index (χ2v) is 4.86. The topological polar surface area (TPSA) is 55.1 Å². The minimum Gasteiger partial charge on any atom is -0.397 e. The van der Waals surface area contributed by atoms with Gasteiger partial charge in [-0.1, -0.05) is 6.07 Å². The lowest BCUT2D eigenvalue weighted by molar-refractivity contribution is 0.101. The minimum absolute atomic E-state index is 0.0182. The number of ketones is 1. The molecule has 0 fully saturated rings. The third-order valence-corrected chi connectivity index (χ3v) is 2.96. The molecule has 0 aliphatic heterocycles. The van der Waals surface area contributed by atoms with Crippen molar-refractivity contribution in [2.45, 2.75) is 20.8 Å². The Labute approximate surface area is 113 Å². The molecular formula is C16H18N2O. The zero-order valence-corrected chi connectivity index (χ0v) is 11.4. The van der Waals surface area contributed by atoms with Crippen molar-refractivity contribution in [1.82, 2.24) is 0 Å². The van der Waals surface area contributed by atoms with Crippen molar-refractivity contribution in [3.05, 3.63) is 53.1 Å². The first kappa shape index (κ1) is 13.1. The zero-order chi connectivity index (χ0) is 14.0. The molecule has 3 heteroatoms. The molecule has 0 bridgehead atoms. The van der Waals surface area contributed by atoms with Gasteiger partial charge in [0, 0.05) is 11.3 Å². The van der Waals surface area contributed by atoms with Gasteiger partial charge in [-0.15, -0.1) is 0 Å². The molecule has 2 aromatic rings. The molecule has 2 aromatic carbocycles. The number of nitrogens with one attached hydrogen (secondary N) is 1. The number of anilines is 3. The summed E-state index contributed by atoms with van der Waals surface area (Å²) in [6, 6.07) is 11.6. The number of Topliss-reactive ketones (excluding diaryl/α,β-unsaturated/α-hetero) is 1.